The van der Waals surface area contributed by atoms with Gasteiger partial charge < -0.3 is 5.32 Å². The Morgan fingerprint density at radius 3 is 3.00 bits per heavy atom. The van der Waals surface area contributed by atoms with Crippen LogP contribution in [0.4, 0.5) is 0 Å². The van der Waals surface area contributed by atoms with E-state index in [4.69, 9.17) is 0 Å². The standard InChI is InChI=1S/C12H13N3/c1-2-4-10-9(3-1)11-7-13-12(5-6-12)8-15(11)14-10/h1-4,13H,5-8H2. The lowest BCUT2D eigenvalue weighted by Crippen LogP contribution is -2.41. The number of aromatic nitrogens is 2. The van der Waals surface area contributed by atoms with E-state index in [9.17, 15) is 0 Å². The minimum Gasteiger partial charge on any atom is -0.304 e. The first-order chi connectivity index (χ1) is 7.36. The normalized spacial score (nSPS) is 21.9. The van der Waals surface area contributed by atoms with Crippen LogP contribution in [0, 0.1) is 0 Å². The summed E-state index contributed by atoms with van der Waals surface area (Å²) in [6, 6.07) is 8.41. The van der Waals surface area contributed by atoms with Crippen molar-refractivity contribution < 1.29 is 0 Å². The van der Waals surface area contributed by atoms with Gasteiger partial charge in [0.1, 0.15) is 0 Å². The van der Waals surface area contributed by atoms with E-state index in [2.05, 4.69) is 39.4 Å². The summed E-state index contributed by atoms with van der Waals surface area (Å²) in [6.45, 7) is 2.03. The molecule has 1 saturated carbocycles. The van der Waals surface area contributed by atoms with Crippen molar-refractivity contribution in [3.05, 3.63) is 30.0 Å². The minimum atomic E-state index is 0.398. The van der Waals surface area contributed by atoms with Gasteiger partial charge in [-0.3, -0.25) is 4.68 Å². The molecule has 4 rings (SSSR count). The lowest BCUT2D eigenvalue weighted by molar-refractivity contribution is 0.354. The van der Waals surface area contributed by atoms with Crippen LogP contribution in [0.5, 0.6) is 0 Å². The number of fused-ring (bicyclic) bond motifs is 3. The maximum absolute atomic E-state index is 4.67. The molecule has 0 bridgehead atoms. The number of nitrogens with zero attached hydrogens (tertiary/aromatic N) is 2. The fourth-order valence-corrected chi connectivity index (χ4v) is 2.55. The van der Waals surface area contributed by atoms with Gasteiger partial charge in [-0.2, -0.15) is 5.10 Å². The van der Waals surface area contributed by atoms with Crippen LogP contribution in [0.25, 0.3) is 10.9 Å². The Hall–Kier alpha value is -1.35. The third-order valence-electron chi connectivity index (χ3n) is 3.69. The van der Waals surface area contributed by atoms with Gasteiger partial charge in [0.05, 0.1) is 17.8 Å². The summed E-state index contributed by atoms with van der Waals surface area (Å²) >= 11 is 0. The Kier molecular flexibility index (Phi) is 1.27. The molecular weight excluding hydrogens is 186 g/mol. The molecule has 76 valence electrons. The van der Waals surface area contributed by atoms with Crippen LogP contribution < -0.4 is 5.32 Å². The highest BCUT2D eigenvalue weighted by Gasteiger charge is 2.45. The molecule has 3 heteroatoms. The molecule has 0 atom stereocenters. The predicted molar refractivity (Wildman–Crippen MR) is 58.5 cm³/mol. The highest BCUT2D eigenvalue weighted by atomic mass is 15.3. The third-order valence-corrected chi connectivity index (χ3v) is 3.69. The van der Waals surface area contributed by atoms with E-state index in [0.29, 0.717) is 5.54 Å². The largest absolute Gasteiger partial charge is 0.304 e. The third kappa shape index (κ3) is 1.01. The highest BCUT2D eigenvalue weighted by Crippen LogP contribution is 2.40. The van der Waals surface area contributed by atoms with Crippen molar-refractivity contribution in [3.63, 3.8) is 0 Å². The molecule has 1 aromatic carbocycles. The fraction of sp³-hybridized carbons (Fsp3) is 0.417. The summed E-state index contributed by atoms with van der Waals surface area (Å²) in [5.74, 6) is 0. The fourth-order valence-electron chi connectivity index (χ4n) is 2.55. The van der Waals surface area contributed by atoms with Gasteiger partial charge >= 0.3 is 0 Å². The Bertz CT molecular complexity index is 537. The molecule has 2 aliphatic rings. The van der Waals surface area contributed by atoms with Crippen molar-refractivity contribution in [1.82, 2.24) is 15.1 Å². The highest BCUT2D eigenvalue weighted by molar-refractivity contribution is 5.81. The molecule has 1 aliphatic carbocycles. The van der Waals surface area contributed by atoms with Gasteiger partial charge in [-0.05, 0) is 18.9 Å². The molecule has 0 saturated heterocycles. The molecule has 0 radical (unpaired) electrons. The SMILES string of the molecule is c1ccc2c3n(nc2c1)CC1(CC1)NC3. The minimum absolute atomic E-state index is 0.398. The molecule has 0 unspecified atom stereocenters. The summed E-state index contributed by atoms with van der Waals surface area (Å²) in [6.07, 6.45) is 2.62. The number of benzene rings is 1. The first kappa shape index (κ1) is 7.88. The average molecular weight is 199 g/mol. The second kappa shape index (κ2) is 2.42. The van der Waals surface area contributed by atoms with E-state index in [1.54, 1.807) is 0 Å². The number of hydrogen-bond donors (Lipinski definition) is 1. The summed E-state index contributed by atoms with van der Waals surface area (Å²) in [4.78, 5) is 0. The van der Waals surface area contributed by atoms with Gasteiger partial charge in [-0.1, -0.05) is 18.2 Å². The van der Waals surface area contributed by atoms with Crippen LogP contribution in [0.1, 0.15) is 18.5 Å². The number of nitrogens with one attached hydrogen (secondary N) is 1. The van der Waals surface area contributed by atoms with Gasteiger partial charge in [-0.25, -0.2) is 0 Å². The molecule has 1 aliphatic heterocycles. The van der Waals surface area contributed by atoms with Crippen LogP contribution in [0.3, 0.4) is 0 Å². The molecule has 1 aromatic heterocycles. The summed E-state index contributed by atoms with van der Waals surface area (Å²) in [5.41, 5.74) is 2.88. The van der Waals surface area contributed by atoms with Crippen molar-refractivity contribution in [1.29, 1.82) is 0 Å². The van der Waals surface area contributed by atoms with E-state index in [1.807, 2.05) is 0 Å². The molecular formula is C12H13N3. The summed E-state index contributed by atoms with van der Waals surface area (Å²) in [7, 11) is 0. The van der Waals surface area contributed by atoms with E-state index in [1.165, 1.54) is 23.9 Å². The second-order valence-corrected chi connectivity index (χ2v) is 4.76. The topological polar surface area (TPSA) is 29.9 Å². The maximum Gasteiger partial charge on any atom is 0.0926 e. The summed E-state index contributed by atoms with van der Waals surface area (Å²) < 4.78 is 2.20. The second-order valence-electron chi connectivity index (χ2n) is 4.76. The molecule has 1 fully saturated rings. The molecule has 1 spiro atoms. The van der Waals surface area contributed by atoms with E-state index < -0.39 is 0 Å². The Balaban J connectivity index is 1.94. The Labute approximate surface area is 88.1 Å². The van der Waals surface area contributed by atoms with Gasteiger partial charge in [0.2, 0.25) is 0 Å². The van der Waals surface area contributed by atoms with Crippen LogP contribution in [0.2, 0.25) is 0 Å². The van der Waals surface area contributed by atoms with Crippen molar-refractivity contribution in [3.8, 4) is 0 Å². The zero-order chi connectivity index (χ0) is 9.88. The van der Waals surface area contributed by atoms with Crippen LogP contribution >= 0.6 is 0 Å². The van der Waals surface area contributed by atoms with Gasteiger partial charge in [0, 0.05) is 17.5 Å². The molecule has 3 nitrogen and oxygen atoms in total. The monoisotopic (exact) mass is 199 g/mol. The van der Waals surface area contributed by atoms with Gasteiger partial charge in [-0.15, -0.1) is 0 Å². The smallest absolute Gasteiger partial charge is 0.0926 e. The van der Waals surface area contributed by atoms with Crippen LogP contribution in [0.15, 0.2) is 24.3 Å². The first-order valence-corrected chi connectivity index (χ1v) is 5.56. The van der Waals surface area contributed by atoms with Gasteiger partial charge in [0.15, 0.2) is 0 Å². The van der Waals surface area contributed by atoms with Crippen molar-refractivity contribution in [2.45, 2.75) is 31.5 Å². The van der Waals surface area contributed by atoms with Gasteiger partial charge in [0.25, 0.3) is 0 Å². The number of rotatable bonds is 0. The molecule has 2 heterocycles. The number of hydrogen-bond acceptors (Lipinski definition) is 2. The van der Waals surface area contributed by atoms with Crippen molar-refractivity contribution >= 4 is 10.9 Å². The Morgan fingerprint density at radius 2 is 2.13 bits per heavy atom. The zero-order valence-corrected chi connectivity index (χ0v) is 8.53. The summed E-state index contributed by atoms with van der Waals surface area (Å²) in [5, 5.41) is 9.61. The van der Waals surface area contributed by atoms with E-state index in [-0.39, 0.29) is 0 Å². The zero-order valence-electron chi connectivity index (χ0n) is 8.53. The molecule has 2 aromatic rings. The lowest BCUT2D eigenvalue weighted by Gasteiger charge is -2.24. The maximum atomic E-state index is 4.67. The average Bonchev–Trinajstić information content (AvgIpc) is 2.91. The Morgan fingerprint density at radius 1 is 1.27 bits per heavy atom. The lowest BCUT2D eigenvalue weighted by atomic mass is 10.1. The van der Waals surface area contributed by atoms with E-state index in [0.717, 1.165) is 18.6 Å². The van der Waals surface area contributed by atoms with Crippen LogP contribution in [-0.2, 0) is 13.1 Å². The molecule has 15 heavy (non-hydrogen) atoms. The van der Waals surface area contributed by atoms with Crippen LogP contribution in [-0.4, -0.2) is 15.3 Å². The van der Waals surface area contributed by atoms with Crippen molar-refractivity contribution in [2.75, 3.05) is 0 Å². The van der Waals surface area contributed by atoms with E-state index >= 15 is 0 Å². The van der Waals surface area contributed by atoms with Crippen molar-refractivity contribution in [2.24, 2.45) is 0 Å². The first-order valence-electron chi connectivity index (χ1n) is 5.56. The predicted octanol–water partition coefficient (Wildman–Crippen LogP) is 1.67. The molecule has 0 amide bonds. The molecule has 1 N–H and O–H groups in total. The quantitative estimate of drug-likeness (QED) is 0.699.